The van der Waals surface area contributed by atoms with Crippen LogP contribution in [0.25, 0.3) is 10.9 Å². The number of nitrogens with one attached hydrogen (secondary N) is 1. The lowest BCUT2D eigenvalue weighted by molar-refractivity contribution is 0.313. The molecule has 2 heterocycles. The van der Waals surface area contributed by atoms with Crippen LogP contribution < -0.4 is 24.4 Å². The normalized spacial score (nSPS) is 14.1. The Morgan fingerprint density at radius 1 is 0.750 bits per heavy atom. The number of hydrogen-bond acceptors (Lipinski definition) is 7. The van der Waals surface area contributed by atoms with E-state index >= 15 is 0 Å². The van der Waals surface area contributed by atoms with Crippen LogP contribution in [0.15, 0.2) is 66.9 Å². The quantitative estimate of drug-likeness (QED) is 0.353. The molecule has 0 aliphatic carbocycles. The van der Waals surface area contributed by atoms with Crippen molar-refractivity contribution in [3.8, 4) is 23.0 Å². The minimum atomic E-state index is 0.634. The Labute approximate surface area is 212 Å². The second-order valence-electron chi connectivity index (χ2n) is 9.08. The molecular formula is C29H32N4O3. The van der Waals surface area contributed by atoms with Crippen molar-refractivity contribution in [1.29, 1.82) is 0 Å². The van der Waals surface area contributed by atoms with Crippen LogP contribution in [0.3, 0.4) is 0 Å². The Morgan fingerprint density at radius 2 is 1.44 bits per heavy atom. The zero-order chi connectivity index (χ0) is 25.1. The van der Waals surface area contributed by atoms with Gasteiger partial charge in [-0.2, -0.15) is 0 Å². The Hall–Kier alpha value is -3.97. The summed E-state index contributed by atoms with van der Waals surface area (Å²) in [5.74, 6) is 2.75. The lowest BCUT2D eigenvalue weighted by Crippen LogP contribution is -2.44. The topological polar surface area (TPSA) is 59.1 Å². The highest BCUT2D eigenvalue weighted by Crippen LogP contribution is 2.38. The largest absolute Gasteiger partial charge is 0.493 e. The van der Waals surface area contributed by atoms with E-state index in [4.69, 9.17) is 14.2 Å². The van der Waals surface area contributed by atoms with E-state index in [0.717, 1.165) is 59.8 Å². The molecule has 36 heavy (non-hydrogen) atoms. The van der Waals surface area contributed by atoms with E-state index in [9.17, 15) is 0 Å². The van der Waals surface area contributed by atoms with Crippen LogP contribution in [-0.2, 0) is 0 Å². The van der Waals surface area contributed by atoms with Gasteiger partial charge in [-0.05, 0) is 62.0 Å². The molecule has 3 aromatic carbocycles. The number of pyridine rings is 1. The van der Waals surface area contributed by atoms with Crippen molar-refractivity contribution in [2.24, 2.45) is 0 Å². The molecule has 1 aliphatic heterocycles. The van der Waals surface area contributed by atoms with Crippen LogP contribution in [-0.4, -0.2) is 57.3 Å². The molecule has 7 nitrogen and oxygen atoms in total. The molecule has 0 amide bonds. The third-order valence-corrected chi connectivity index (χ3v) is 6.64. The van der Waals surface area contributed by atoms with E-state index < -0.39 is 0 Å². The van der Waals surface area contributed by atoms with Crippen LogP contribution in [0.4, 0.5) is 17.1 Å². The predicted molar refractivity (Wildman–Crippen MR) is 146 cm³/mol. The first-order chi connectivity index (χ1) is 17.5. The molecule has 4 aromatic rings. The summed E-state index contributed by atoms with van der Waals surface area (Å²) in [7, 11) is 5.42. The lowest BCUT2D eigenvalue weighted by atomic mass is 10.1. The van der Waals surface area contributed by atoms with Crippen molar-refractivity contribution in [2.45, 2.75) is 6.92 Å². The Kier molecular flexibility index (Phi) is 6.82. The van der Waals surface area contributed by atoms with Gasteiger partial charge < -0.3 is 29.3 Å². The van der Waals surface area contributed by atoms with Gasteiger partial charge >= 0.3 is 0 Å². The van der Waals surface area contributed by atoms with E-state index in [1.54, 1.807) is 20.4 Å². The van der Waals surface area contributed by atoms with Gasteiger partial charge in [-0.1, -0.05) is 6.07 Å². The van der Waals surface area contributed by atoms with Crippen LogP contribution in [0.2, 0.25) is 0 Å². The fourth-order valence-electron chi connectivity index (χ4n) is 4.43. The zero-order valence-electron chi connectivity index (χ0n) is 21.2. The Morgan fingerprint density at radius 3 is 2.17 bits per heavy atom. The maximum absolute atomic E-state index is 6.39. The average Bonchev–Trinajstić information content (AvgIpc) is 2.91. The zero-order valence-corrected chi connectivity index (χ0v) is 21.2. The summed E-state index contributed by atoms with van der Waals surface area (Å²) in [6, 6.07) is 20.4. The number of methoxy groups -OCH3 is 2. The molecule has 0 spiro atoms. The molecule has 7 heteroatoms. The van der Waals surface area contributed by atoms with Gasteiger partial charge in [0.15, 0.2) is 11.5 Å². The molecule has 1 aliphatic rings. The number of likely N-dealkylation sites (N-methyl/N-ethyl adjacent to an activating group) is 1. The van der Waals surface area contributed by atoms with E-state index in [1.807, 2.05) is 31.2 Å². The van der Waals surface area contributed by atoms with Gasteiger partial charge in [0, 0.05) is 67.0 Å². The van der Waals surface area contributed by atoms with Crippen molar-refractivity contribution < 1.29 is 14.2 Å². The van der Waals surface area contributed by atoms with E-state index in [-0.39, 0.29) is 0 Å². The first-order valence-corrected chi connectivity index (χ1v) is 12.1. The maximum atomic E-state index is 6.39. The Bertz CT molecular complexity index is 1350. The molecule has 0 unspecified atom stereocenters. The standard InChI is InChI=1S/C29H32N4O3/c1-20-5-6-22(31-21-7-9-23(10-8-21)33-15-13-32(2)14-16-33)17-27(20)36-26-11-12-30-25-19-29(35-4)28(34-3)18-24(25)26/h5-12,17-19,31H,13-16H2,1-4H3. The highest BCUT2D eigenvalue weighted by molar-refractivity contribution is 5.88. The average molecular weight is 485 g/mol. The number of rotatable bonds is 7. The summed E-state index contributed by atoms with van der Waals surface area (Å²) < 4.78 is 17.3. The van der Waals surface area contributed by atoms with Gasteiger partial charge in [-0.25, -0.2) is 0 Å². The number of nitrogens with zero attached hydrogens (tertiary/aromatic N) is 3. The molecule has 186 valence electrons. The minimum Gasteiger partial charge on any atom is -0.493 e. The van der Waals surface area contributed by atoms with Gasteiger partial charge in [-0.15, -0.1) is 0 Å². The number of anilines is 3. The van der Waals surface area contributed by atoms with Crippen LogP contribution in [0.5, 0.6) is 23.0 Å². The highest BCUT2D eigenvalue weighted by atomic mass is 16.5. The van der Waals surface area contributed by atoms with Crippen molar-refractivity contribution in [3.05, 3.63) is 72.4 Å². The number of ether oxygens (including phenoxy) is 3. The molecule has 0 atom stereocenters. The van der Waals surface area contributed by atoms with Crippen molar-refractivity contribution in [3.63, 3.8) is 0 Å². The van der Waals surface area contributed by atoms with E-state index in [2.05, 4.69) is 63.5 Å². The molecule has 1 fully saturated rings. The summed E-state index contributed by atoms with van der Waals surface area (Å²) in [6.07, 6.45) is 1.74. The van der Waals surface area contributed by atoms with Gasteiger partial charge in [0.1, 0.15) is 11.5 Å². The highest BCUT2D eigenvalue weighted by Gasteiger charge is 2.15. The summed E-state index contributed by atoms with van der Waals surface area (Å²) in [5, 5.41) is 4.36. The monoisotopic (exact) mass is 484 g/mol. The molecule has 1 N–H and O–H groups in total. The number of hydrogen-bond donors (Lipinski definition) is 1. The van der Waals surface area contributed by atoms with Gasteiger partial charge in [0.05, 0.1) is 19.7 Å². The SMILES string of the molecule is COc1cc2nccc(Oc3cc(Nc4ccc(N5CCN(C)CC5)cc4)ccc3C)c2cc1OC. The molecule has 1 aromatic heterocycles. The molecule has 1 saturated heterocycles. The third-order valence-electron chi connectivity index (χ3n) is 6.64. The molecular weight excluding hydrogens is 452 g/mol. The van der Waals surface area contributed by atoms with Crippen LogP contribution in [0.1, 0.15) is 5.56 Å². The van der Waals surface area contributed by atoms with Crippen molar-refractivity contribution in [2.75, 3.05) is 57.7 Å². The molecule has 0 saturated carbocycles. The van der Waals surface area contributed by atoms with E-state index in [0.29, 0.717) is 17.2 Å². The maximum Gasteiger partial charge on any atom is 0.162 e. The smallest absolute Gasteiger partial charge is 0.162 e. The summed E-state index contributed by atoms with van der Waals surface area (Å²) in [6.45, 7) is 6.35. The second kappa shape index (κ2) is 10.3. The van der Waals surface area contributed by atoms with Crippen LogP contribution >= 0.6 is 0 Å². The number of aryl methyl sites for hydroxylation is 1. The number of benzene rings is 3. The fraction of sp³-hybridized carbons (Fsp3) is 0.276. The number of aromatic nitrogens is 1. The van der Waals surface area contributed by atoms with Gasteiger partial charge in [0.25, 0.3) is 0 Å². The molecule has 5 rings (SSSR count). The molecule has 0 bridgehead atoms. The summed E-state index contributed by atoms with van der Waals surface area (Å²) in [4.78, 5) is 9.28. The number of piperazine rings is 1. The first-order valence-electron chi connectivity index (χ1n) is 12.1. The van der Waals surface area contributed by atoms with Crippen molar-refractivity contribution in [1.82, 2.24) is 9.88 Å². The van der Waals surface area contributed by atoms with Crippen LogP contribution in [0, 0.1) is 6.92 Å². The molecule has 0 radical (unpaired) electrons. The first kappa shape index (κ1) is 23.8. The second-order valence-corrected chi connectivity index (χ2v) is 9.08. The summed E-state index contributed by atoms with van der Waals surface area (Å²) in [5.41, 5.74) is 5.07. The fourth-order valence-corrected chi connectivity index (χ4v) is 4.43. The summed E-state index contributed by atoms with van der Waals surface area (Å²) >= 11 is 0. The van der Waals surface area contributed by atoms with Crippen molar-refractivity contribution >= 4 is 28.0 Å². The van der Waals surface area contributed by atoms with Gasteiger partial charge in [-0.3, -0.25) is 4.98 Å². The minimum absolute atomic E-state index is 0.634. The Balaban J connectivity index is 1.36. The van der Waals surface area contributed by atoms with Gasteiger partial charge in [0.2, 0.25) is 0 Å². The lowest BCUT2D eigenvalue weighted by Gasteiger charge is -2.34. The van der Waals surface area contributed by atoms with E-state index in [1.165, 1.54) is 5.69 Å². The number of fused-ring (bicyclic) bond motifs is 1. The predicted octanol–water partition coefficient (Wildman–Crippen LogP) is 5.85. The third kappa shape index (κ3) is 5.02.